The lowest BCUT2D eigenvalue weighted by atomic mass is 10.0. The number of carbonyl (C=O) groups is 1. The molecule has 1 aliphatic heterocycles. The van der Waals surface area contributed by atoms with Gasteiger partial charge in [0.2, 0.25) is 0 Å². The Morgan fingerprint density at radius 2 is 1.83 bits per heavy atom. The second-order valence-electron chi connectivity index (χ2n) is 2.50. The number of carboxylic acids is 1. The van der Waals surface area contributed by atoms with Gasteiger partial charge in [-0.1, -0.05) is 0 Å². The van der Waals surface area contributed by atoms with E-state index in [1.165, 1.54) is 0 Å². The van der Waals surface area contributed by atoms with E-state index in [-0.39, 0.29) is 0 Å². The lowest BCUT2D eigenvalue weighted by Crippen LogP contribution is -2.53. The molecule has 0 aromatic heterocycles. The van der Waals surface area contributed by atoms with Crippen molar-refractivity contribution in [3.63, 3.8) is 0 Å². The Kier molecular flexibility index (Phi) is 2.63. The predicted octanol–water partition coefficient (Wildman–Crippen LogP) is -2.29. The molecular formula is C6H9O6. The molecule has 12 heavy (non-hydrogen) atoms. The quantitative estimate of drug-likeness (QED) is 0.359. The maximum atomic E-state index is 10.3. The van der Waals surface area contributed by atoms with Gasteiger partial charge in [0, 0.05) is 0 Å². The minimum atomic E-state index is -1.61. The van der Waals surface area contributed by atoms with E-state index in [1.807, 2.05) is 0 Å². The van der Waals surface area contributed by atoms with Crippen LogP contribution >= 0.6 is 0 Å². The zero-order valence-electron chi connectivity index (χ0n) is 5.99. The van der Waals surface area contributed by atoms with Gasteiger partial charge >= 0.3 is 5.97 Å². The van der Waals surface area contributed by atoms with Crippen LogP contribution in [0.3, 0.4) is 0 Å². The van der Waals surface area contributed by atoms with Crippen LogP contribution in [0.2, 0.25) is 0 Å². The zero-order valence-corrected chi connectivity index (χ0v) is 5.99. The van der Waals surface area contributed by atoms with Crippen LogP contribution in [0.4, 0.5) is 0 Å². The topological polar surface area (TPSA) is 107 Å². The van der Waals surface area contributed by atoms with Crippen molar-refractivity contribution < 1.29 is 30.0 Å². The normalized spacial score (nSPS) is 42.6. The lowest BCUT2D eigenvalue weighted by molar-refractivity contribution is -0.185. The summed E-state index contributed by atoms with van der Waals surface area (Å²) in [5, 5.41) is 35.3. The fourth-order valence-corrected chi connectivity index (χ4v) is 0.912. The molecular weight excluding hydrogens is 168 g/mol. The van der Waals surface area contributed by atoms with E-state index in [9.17, 15) is 4.79 Å². The van der Waals surface area contributed by atoms with E-state index < -0.39 is 30.4 Å². The molecule has 1 heterocycles. The molecule has 0 aromatic carbocycles. The third kappa shape index (κ3) is 1.56. The van der Waals surface area contributed by atoms with Crippen LogP contribution < -0.4 is 0 Å². The molecule has 1 aliphatic rings. The summed E-state index contributed by atoms with van der Waals surface area (Å²) < 4.78 is 4.45. The van der Waals surface area contributed by atoms with E-state index in [2.05, 4.69) is 4.74 Å². The summed E-state index contributed by atoms with van der Waals surface area (Å²) in [5.41, 5.74) is 0. The third-order valence-electron chi connectivity index (χ3n) is 1.62. The lowest BCUT2D eigenvalue weighted by Gasteiger charge is -2.32. The Balaban J connectivity index is 2.65. The zero-order chi connectivity index (χ0) is 9.30. The molecule has 1 fully saturated rings. The van der Waals surface area contributed by atoms with Crippen molar-refractivity contribution in [3.05, 3.63) is 6.61 Å². The Hall–Kier alpha value is -0.690. The largest absolute Gasteiger partial charge is 0.479 e. The Morgan fingerprint density at radius 3 is 2.33 bits per heavy atom. The number of carboxylic acid groups (broad SMARTS) is 1. The average Bonchev–Trinajstić information content (AvgIpc) is 2.00. The van der Waals surface area contributed by atoms with Crippen molar-refractivity contribution >= 4 is 5.97 Å². The molecule has 0 unspecified atom stereocenters. The van der Waals surface area contributed by atoms with Crippen molar-refractivity contribution in [2.75, 3.05) is 0 Å². The molecule has 6 nitrogen and oxygen atoms in total. The SMILES string of the molecule is O=C(O)[C@H]1O[CH][C@H](O)[C@@H](O)[C@@H]1O. The maximum absolute atomic E-state index is 10.3. The third-order valence-corrected chi connectivity index (χ3v) is 1.62. The standard InChI is InChI=1S/C6H9O6/c7-2-1-12-5(6(10)11)4(9)3(2)8/h1-5,7-9H,(H,10,11)/t2-,3+,4-,5-/m0/s1. The highest BCUT2D eigenvalue weighted by Crippen LogP contribution is 2.18. The first-order chi connectivity index (χ1) is 5.54. The molecule has 4 N–H and O–H groups in total. The van der Waals surface area contributed by atoms with E-state index in [1.54, 1.807) is 0 Å². The van der Waals surface area contributed by atoms with Crippen molar-refractivity contribution in [2.45, 2.75) is 24.4 Å². The number of hydrogen-bond donors (Lipinski definition) is 4. The minimum absolute atomic E-state index is 0.788. The average molecular weight is 177 g/mol. The van der Waals surface area contributed by atoms with Gasteiger partial charge in [-0.15, -0.1) is 0 Å². The van der Waals surface area contributed by atoms with E-state index in [4.69, 9.17) is 20.4 Å². The van der Waals surface area contributed by atoms with Gasteiger partial charge in [0.15, 0.2) is 6.10 Å². The smallest absolute Gasteiger partial charge is 0.335 e. The van der Waals surface area contributed by atoms with Gasteiger partial charge in [0.25, 0.3) is 0 Å². The first kappa shape index (κ1) is 9.40. The fourth-order valence-electron chi connectivity index (χ4n) is 0.912. The molecule has 1 radical (unpaired) electrons. The molecule has 0 amide bonds. The molecule has 0 aromatic rings. The summed E-state index contributed by atoms with van der Waals surface area (Å²) in [4.78, 5) is 10.3. The van der Waals surface area contributed by atoms with Crippen LogP contribution in [0.1, 0.15) is 0 Å². The van der Waals surface area contributed by atoms with Gasteiger partial charge in [-0.3, -0.25) is 0 Å². The number of aliphatic carboxylic acids is 1. The molecule has 1 saturated heterocycles. The Bertz CT molecular complexity index is 181. The highest BCUT2D eigenvalue weighted by molar-refractivity contribution is 5.73. The summed E-state index contributed by atoms with van der Waals surface area (Å²) in [6, 6.07) is 0. The summed E-state index contributed by atoms with van der Waals surface area (Å²) in [7, 11) is 0. The van der Waals surface area contributed by atoms with Gasteiger partial charge < -0.3 is 25.2 Å². The molecule has 0 bridgehead atoms. The van der Waals surface area contributed by atoms with Crippen LogP contribution in [-0.2, 0) is 9.53 Å². The van der Waals surface area contributed by atoms with Crippen molar-refractivity contribution in [1.82, 2.24) is 0 Å². The van der Waals surface area contributed by atoms with Crippen LogP contribution in [-0.4, -0.2) is 50.8 Å². The number of aliphatic hydroxyl groups excluding tert-OH is 3. The summed E-state index contributed by atoms with van der Waals surface area (Å²) in [6.45, 7) is 0.788. The Morgan fingerprint density at radius 1 is 1.25 bits per heavy atom. The number of ether oxygens (including phenoxy) is 1. The van der Waals surface area contributed by atoms with Gasteiger partial charge in [-0.25, -0.2) is 4.79 Å². The van der Waals surface area contributed by atoms with E-state index in [0.29, 0.717) is 0 Å². The van der Waals surface area contributed by atoms with Crippen molar-refractivity contribution in [1.29, 1.82) is 0 Å². The number of rotatable bonds is 1. The maximum Gasteiger partial charge on any atom is 0.335 e. The molecule has 69 valence electrons. The molecule has 6 heteroatoms. The number of aliphatic hydroxyl groups is 3. The summed E-state index contributed by atoms with van der Waals surface area (Å²) in [5.74, 6) is -1.38. The highest BCUT2D eigenvalue weighted by Gasteiger charge is 2.41. The second kappa shape index (κ2) is 3.36. The minimum Gasteiger partial charge on any atom is -0.479 e. The van der Waals surface area contributed by atoms with Gasteiger partial charge in [-0.2, -0.15) is 0 Å². The first-order valence-electron chi connectivity index (χ1n) is 3.30. The van der Waals surface area contributed by atoms with Crippen LogP contribution in [0.5, 0.6) is 0 Å². The molecule has 4 atom stereocenters. The highest BCUT2D eigenvalue weighted by atomic mass is 16.5. The van der Waals surface area contributed by atoms with Crippen molar-refractivity contribution in [2.24, 2.45) is 0 Å². The van der Waals surface area contributed by atoms with Crippen LogP contribution in [0.25, 0.3) is 0 Å². The second-order valence-corrected chi connectivity index (χ2v) is 2.50. The molecule has 0 spiro atoms. The molecule has 1 rings (SSSR count). The molecule has 0 saturated carbocycles. The van der Waals surface area contributed by atoms with E-state index in [0.717, 1.165) is 6.61 Å². The van der Waals surface area contributed by atoms with Gasteiger partial charge in [0.05, 0.1) is 0 Å². The van der Waals surface area contributed by atoms with Crippen LogP contribution in [0.15, 0.2) is 0 Å². The van der Waals surface area contributed by atoms with Gasteiger partial charge in [-0.05, 0) is 0 Å². The Labute approximate surface area is 68.0 Å². The number of hydrogen-bond acceptors (Lipinski definition) is 5. The van der Waals surface area contributed by atoms with Gasteiger partial charge in [0.1, 0.15) is 24.9 Å². The predicted molar refractivity (Wildman–Crippen MR) is 34.8 cm³/mol. The monoisotopic (exact) mass is 177 g/mol. The van der Waals surface area contributed by atoms with Crippen LogP contribution in [0, 0.1) is 6.61 Å². The van der Waals surface area contributed by atoms with E-state index >= 15 is 0 Å². The summed E-state index contributed by atoms with van der Waals surface area (Å²) >= 11 is 0. The fraction of sp³-hybridized carbons (Fsp3) is 0.667. The first-order valence-corrected chi connectivity index (χ1v) is 3.30. The summed E-state index contributed by atoms with van der Waals surface area (Å²) in [6.07, 6.45) is -5.98. The molecule has 0 aliphatic carbocycles. The van der Waals surface area contributed by atoms with Crippen molar-refractivity contribution in [3.8, 4) is 0 Å².